The van der Waals surface area contributed by atoms with E-state index in [1.807, 2.05) is 6.82 Å². The summed E-state index contributed by atoms with van der Waals surface area (Å²) < 4.78 is 0. The van der Waals surface area contributed by atoms with Gasteiger partial charge < -0.3 is 20.1 Å². The van der Waals surface area contributed by atoms with Gasteiger partial charge in [0.25, 0.3) is 0 Å². The van der Waals surface area contributed by atoms with Crippen LogP contribution in [0.3, 0.4) is 0 Å². The number of hydrogen-bond acceptors (Lipinski definition) is 4. The molecule has 1 rings (SSSR count). The largest absolute Gasteiger partial charge is 0.437 e. The summed E-state index contributed by atoms with van der Waals surface area (Å²) in [6.07, 6.45) is 3.17. The number of rotatable bonds is 6. The second-order valence-corrected chi connectivity index (χ2v) is 5.26. The fourth-order valence-electron chi connectivity index (χ4n) is 2.54. The third-order valence-corrected chi connectivity index (χ3v) is 3.55. The predicted molar refractivity (Wildman–Crippen MR) is 74.4 cm³/mol. The highest BCUT2D eigenvalue weighted by Crippen LogP contribution is 2.15. The third-order valence-electron chi connectivity index (χ3n) is 3.55. The number of nitrogens with zero attached hydrogens (tertiary/aromatic N) is 2. The van der Waals surface area contributed by atoms with Crippen molar-refractivity contribution in [3.8, 4) is 0 Å². The number of nitrogens with one attached hydrogen (secondary N) is 1. The molecule has 1 fully saturated rings. The molecule has 1 heterocycles. The van der Waals surface area contributed by atoms with Gasteiger partial charge in [0.2, 0.25) is 5.91 Å². The molecule has 1 aliphatic rings. The van der Waals surface area contributed by atoms with Crippen molar-refractivity contribution < 1.29 is 9.82 Å². The van der Waals surface area contributed by atoms with E-state index < -0.39 is 0 Å². The van der Waals surface area contributed by atoms with Crippen LogP contribution in [0, 0.1) is 0 Å². The minimum absolute atomic E-state index is 0.0398. The highest BCUT2D eigenvalue weighted by molar-refractivity contribution is 6.45. The summed E-state index contributed by atoms with van der Waals surface area (Å²) >= 11 is 0. The van der Waals surface area contributed by atoms with Crippen molar-refractivity contribution in [3.63, 3.8) is 0 Å². The Labute approximate surface area is 111 Å². The minimum atomic E-state index is -0.362. The van der Waals surface area contributed by atoms with Crippen LogP contribution in [0.4, 0.5) is 0 Å². The van der Waals surface area contributed by atoms with E-state index in [2.05, 4.69) is 22.1 Å². The highest BCUT2D eigenvalue weighted by Gasteiger charge is 2.29. The van der Waals surface area contributed by atoms with Crippen molar-refractivity contribution in [1.82, 2.24) is 15.0 Å². The average molecular weight is 255 g/mol. The van der Waals surface area contributed by atoms with Crippen molar-refractivity contribution >= 4 is 13.0 Å². The summed E-state index contributed by atoms with van der Waals surface area (Å²) in [5, 5.41) is 12.6. The third kappa shape index (κ3) is 5.37. The molecule has 6 heteroatoms. The Balaban J connectivity index is 2.26. The van der Waals surface area contributed by atoms with Gasteiger partial charge in [-0.25, -0.2) is 0 Å². The number of carbonyl (C=O) groups excluding carboxylic acids is 1. The minimum Gasteiger partial charge on any atom is -0.437 e. The van der Waals surface area contributed by atoms with Gasteiger partial charge in [0.15, 0.2) is 0 Å². The van der Waals surface area contributed by atoms with Crippen molar-refractivity contribution in [2.45, 2.75) is 39.1 Å². The average Bonchev–Trinajstić information content (AvgIpc) is 2.27. The van der Waals surface area contributed by atoms with Crippen molar-refractivity contribution in [1.29, 1.82) is 0 Å². The van der Waals surface area contributed by atoms with Crippen molar-refractivity contribution in [3.05, 3.63) is 0 Å². The first-order chi connectivity index (χ1) is 8.50. The SMILES string of the molecule is CB(O)N1CCN(C)C[C@@H]1CCCCNC(C)=O. The number of likely N-dealkylation sites (N-methyl/N-ethyl adjacent to an activating group) is 1. The molecule has 2 N–H and O–H groups in total. The molecule has 0 aromatic carbocycles. The Morgan fingerprint density at radius 2 is 2.17 bits per heavy atom. The van der Waals surface area contributed by atoms with Gasteiger partial charge in [-0.3, -0.25) is 4.79 Å². The normalized spacial score (nSPS) is 21.9. The lowest BCUT2D eigenvalue weighted by molar-refractivity contribution is -0.118. The molecule has 0 saturated carbocycles. The number of piperazine rings is 1. The lowest BCUT2D eigenvalue weighted by Crippen LogP contribution is -2.56. The van der Waals surface area contributed by atoms with Gasteiger partial charge in [-0.15, -0.1) is 0 Å². The summed E-state index contributed by atoms with van der Waals surface area (Å²) in [5.41, 5.74) is 0. The van der Waals surface area contributed by atoms with Gasteiger partial charge in [-0.05, 0) is 26.7 Å². The Morgan fingerprint density at radius 1 is 1.44 bits per heavy atom. The van der Waals surface area contributed by atoms with E-state index in [1.54, 1.807) is 6.92 Å². The molecule has 0 bridgehead atoms. The predicted octanol–water partition coefficient (Wildman–Crippen LogP) is 0.0191. The van der Waals surface area contributed by atoms with E-state index in [0.29, 0.717) is 6.04 Å². The molecule has 0 unspecified atom stereocenters. The quantitative estimate of drug-likeness (QED) is 0.519. The van der Waals surface area contributed by atoms with E-state index in [9.17, 15) is 9.82 Å². The lowest BCUT2D eigenvalue weighted by atomic mass is 9.81. The van der Waals surface area contributed by atoms with Crippen LogP contribution in [0.5, 0.6) is 0 Å². The molecular formula is C12H26BN3O2. The summed E-state index contributed by atoms with van der Waals surface area (Å²) in [6.45, 7) is 7.12. The van der Waals surface area contributed by atoms with Gasteiger partial charge in [0.05, 0.1) is 0 Å². The zero-order valence-corrected chi connectivity index (χ0v) is 11.9. The van der Waals surface area contributed by atoms with Crippen LogP contribution in [-0.4, -0.2) is 67.0 Å². The van der Waals surface area contributed by atoms with Crippen LogP contribution in [0.15, 0.2) is 0 Å². The molecule has 5 nitrogen and oxygen atoms in total. The van der Waals surface area contributed by atoms with Crippen LogP contribution < -0.4 is 5.32 Å². The molecule has 1 amide bonds. The maximum atomic E-state index is 10.7. The standard InChI is InChI=1S/C12H26BN3O2/c1-11(17)14-7-5-4-6-12-10-15(3)8-9-16(12)13(2)18/h12,18H,4-10H2,1-3H3,(H,14,17)/t12-/m0/s1. The number of amides is 1. The second kappa shape index (κ2) is 7.76. The first-order valence-corrected chi connectivity index (χ1v) is 6.87. The second-order valence-electron chi connectivity index (χ2n) is 5.26. The summed E-state index contributed by atoms with van der Waals surface area (Å²) in [4.78, 5) is 15.2. The van der Waals surface area contributed by atoms with Crippen LogP contribution in [0.25, 0.3) is 0 Å². The van der Waals surface area contributed by atoms with Crippen LogP contribution in [0.2, 0.25) is 6.82 Å². The maximum Gasteiger partial charge on any atom is 0.376 e. The Kier molecular flexibility index (Phi) is 6.67. The topological polar surface area (TPSA) is 55.8 Å². The maximum absolute atomic E-state index is 10.7. The number of carbonyl (C=O) groups is 1. The van der Waals surface area contributed by atoms with E-state index >= 15 is 0 Å². The van der Waals surface area contributed by atoms with Gasteiger partial charge in [0, 0.05) is 39.1 Å². The molecule has 0 aliphatic carbocycles. The highest BCUT2D eigenvalue weighted by atomic mass is 16.2. The smallest absolute Gasteiger partial charge is 0.376 e. The van der Waals surface area contributed by atoms with Crippen LogP contribution >= 0.6 is 0 Å². The zero-order valence-electron chi connectivity index (χ0n) is 11.9. The fourth-order valence-corrected chi connectivity index (χ4v) is 2.54. The van der Waals surface area contributed by atoms with E-state index in [4.69, 9.17) is 0 Å². The molecule has 0 aromatic rings. The zero-order chi connectivity index (χ0) is 13.5. The Bertz CT molecular complexity index is 264. The van der Waals surface area contributed by atoms with Crippen molar-refractivity contribution in [2.24, 2.45) is 0 Å². The molecule has 1 atom stereocenters. The van der Waals surface area contributed by atoms with Crippen LogP contribution in [0.1, 0.15) is 26.2 Å². The van der Waals surface area contributed by atoms with E-state index in [1.165, 1.54) is 0 Å². The molecular weight excluding hydrogens is 229 g/mol. The van der Waals surface area contributed by atoms with E-state index in [-0.39, 0.29) is 13.0 Å². The molecule has 0 aromatic heterocycles. The monoisotopic (exact) mass is 255 g/mol. The molecule has 1 saturated heterocycles. The van der Waals surface area contributed by atoms with E-state index in [0.717, 1.165) is 45.4 Å². The van der Waals surface area contributed by atoms with Gasteiger partial charge >= 0.3 is 7.05 Å². The molecule has 104 valence electrons. The van der Waals surface area contributed by atoms with Gasteiger partial charge in [-0.2, -0.15) is 0 Å². The van der Waals surface area contributed by atoms with Crippen LogP contribution in [-0.2, 0) is 4.79 Å². The summed E-state index contributed by atoms with van der Waals surface area (Å²) in [6, 6.07) is 0.432. The van der Waals surface area contributed by atoms with Gasteiger partial charge in [-0.1, -0.05) is 6.42 Å². The van der Waals surface area contributed by atoms with Crippen molar-refractivity contribution in [2.75, 3.05) is 33.2 Å². The first-order valence-electron chi connectivity index (χ1n) is 6.87. The molecule has 0 spiro atoms. The summed E-state index contributed by atoms with van der Waals surface area (Å²) in [7, 11) is 1.77. The molecule has 18 heavy (non-hydrogen) atoms. The Hall–Kier alpha value is -0.585. The number of hydrogen-bond donors (Lipinski definition) is 2. The molecule has 1 aliphatic heterocycles. The number of unbranched alkanes of at least 4 members (excludes halogenated alkanes) is 1. The summed E-state index contributed by atoms with van der Waals surface area (Å²) in [5.74, 6) is 0.0398. The molecule has 0 radical (unpaired) electrons. The first kappa shape index (κ1) is 15.5. The lowest BCUT2D eigenvalue weighted by Gasteiger charge is -2.41. The van der Waals surface area contributed by atoms with Gasteiger partial charge in [0.1, 0.15) is 0 Å². The fraction of sp³-hybridized carbons (Fsp3) is 0.917. The Morgan fingerprint density at radius 3 is 2.78 bits per heavy atom.